The Morgan fingerprint density at radius 3 is 2.23 bits per heavy atom. The third-order valence-electron chi connectivity index (χ3n) is 3.46. The number of ether oxygens (including phenoxy) is 3. The molecular formula is C16H26N2O4. The molecular weight excluding hydrogens is 284 g/mol. The summed E-state index contributed by atoms with van der Waals surface area (Å²) in [6.45, 7) is 4.50. The molecule has 0 aliphatic heterocycles. The van der Waals surface area contributed by atoms with Crippen LogP contribution in [0.15, 0.2) is 12.1 Å². The third kappa shape index (κ3) is 5.02. The summed E-state index contributed by atoms with van der Waals surface area (Å²) in [5, 5.41) is 5.70. The van der Waals surface area contributed by atoms with Crippen molar-refractivity contribution in [2.75, 3.05) is 27.9 Å². The second kappa shape index (κ2) is 9.02. The van der Waals surface area contributed by atoms with Gasteiger partial charge in [0.25, 0.3) is 0 Å². The normalized spacial score (nSPS) is 11.5. The number of amides is 2. The molecule has 1 aromatic rings. The molecule has 0 radical (unpaired) electrons. The highest BCUT2D eigenvalue weighted by molar-refractivity contribution is 5.74. The molecule has 6 heteroatoms. The maximum atomic E-state index is 11.7. The lowest BCUT2D eigenvalue weighted by Gasteiger charge is -2.15. The van der Waals surface area contributed by atoms with Crippen LogP contribution in [0.5, 0.6) is 17.2 Å². The van der Waals surface area contributed by atoms with Crippen molar-refractivity contribution >= 4 is 6.03 Å². The maximum Gasteiger partial charge on any atom is 0.315 e. The van der Waals surface area contributed by atoms with Gasteiger partial charge < -0.3 is 24.8 Å². The highest BCUT2D eigenvalue weighted by Crippen LogP contribution is 2.34. The first-order valence-corrected chi connectivity index (χ1v) is 7.38. The van der Waals surface area contributed by atoms with E-state index in [0.29, 0.717) is 30.2 Å². The fourth-order valence-corrected chi connectivity index (χ4v) is 1.98. The van der Waals surface area contributed by atoms with Gasteiger partial charge in [0.2, 0.25) is 0 Å². The van der Waals surface area contributed by atoms with E-state index in [-0.39, 0.29) is 12.1 Å². The predicted molar refractivity (Wildman–Crippen MR) is 86.1 cm³/mol. The number of benzene rings is 1. The number of carbonyl (C=O) groups is 1. The van der Waals surface area contributed by atoms with E-state index in [1.165, 1.54) is 0 Å². The standard InChI is InChI=1S/C16H26N2O4/c1-6-11(2)18-16(19)17-8-7-12-9-14(21-4)15(22-5)10-13(12)20-3/h9-11H,6-8H2,1-5H3,(H2,17,18,19). The lowest BCUT2D eigenvalue weighted by molar-refractivity contribution is 0.237. The monoisotopic (exact) mass is 310 g/mol. The van der Waals surface area contributed by atoms with Crippen molar-refractivity contribution in [3.63, 3.8) is 0 Å². The summed E-state index contributed by atoms with van der Waals surface area (Å²) in [5.74, 6) is 1.97. The molecule has 0 bridgehead atoms. The van der Waals surface area contributed by atoms with E-state index < -0.39 is 0 Å². The van der Waals surface area contributed by atoms with E-state index in [9.17, 15) is 4.79 Å². The van der Waals surface area contributed by atoms with Gasteiger partial charge in [0, 0.05) is 18.7 Å². The average Bonchev–Trinajstić information content (AvgIpc) is 2.53. The van der Waals surface area contributed by atoms with Crippen LogP contribution in [0.25, 0.3) is 0 Å². The van der Waals surface area contributed by atoms with E-state index in [1.54, 1.807) is 27.4 Å². The fourth-order valence-electron chi connectivity index (χ4n) is 1.98. The number of urea groups is 1. The van der Waals surface area contributed by atoms with E-state index in [1.807, 2.05) is 19.9 Å². The molecule has 1 unspecified atom stereocenters. The topological polar surface area (TPSA) is 68.8 Å². The molecule has 2 N–H and O–H groups in total. The summed E-state index contributed by atoms with van der Waals surface area (Å²) in [5.41, 5.74) is 0.948. The van der Waals surface area contributed by atoms with Crippen molar-refractivity contribution in [2.24, 2.45) is 0 Å². The van der Waals surface area contributed by atoms with Crippen molar-refractivity contribution in [1.29, 1.82) is 0 Å². The van der Waals surface area contributed by atoms with Gasteiger partial charge in [-0.25, -0.2) is 4.79 Å². The third-order valence-corrected chi connectivity index (χ3v) is 3.46. The quantitative estimate of drug-likeness (QED) is 0.773. The Morgan fingerprint density at radius 1 is 1.09 bits per heavy atom. The van der Waals surface area contributed by atoms with Crippen molar-refractivity contribution < 1.29 is 19.0 Å². The molecule has 2 amide bonds. The Labute approximate surface area is 132 Å². The van der Waals surface area contributed by atoms with Crippen molar-refractivity contribution in [3.05, 3.63) is 17.7 Å². The average molecular weight is 310 g/mol. The molecule has 22 heavy (non-hydrogen) atoms. The Hall–Kier alpha value is -2.11. The van der Waals surface area contributed by atoms with Crippen LogP contribution < -0.4 is 24.8 Å². The molecule has 0 heterocycles. The van der Waals surface area contributed by atoms with Gasteiger partial charge in [-0.2, -0.15) is 0 Å². The van der Waals surface area contributed by atoms with E-state index in [2.05, 4.69) is 10.6 Å². The molecule has 6 nitrogen and oxygen atoms in total. The Kier molecular flexibility index (Phi) is 7.36. The number of rotatable bonds is 8. The van der Waals surface area contributed by atoms with Gasteiger partial charge in [0.15, 0.2) is 11.5 Å². The zero-order valence-electron chi connectivity index (χ0n) is 14.0. The minimum atomic E-state index is -0.159. The highest BCUT2D eigenvalue weighted by atomic mass is 16.5. The second-order valence-corrected chi connectivity index (χ2v) is 4.98. The Morgan fingerprint density at radius 2 is 1.68 bits per heavy atom. The van der Waals surface area contributed by atoms with Crippen LogP contribution >= 0.6 is 0 Å². The molecule has 1 aromatic carbocycles. The van der Waals surface area contributed by atoms with Gasteiger partial charge in [-0.3, -0.25) is 0 Å². The number of nitrogens with one attached hydrogen (secondary N) is 2. The molecule has 0 spiro atoms. The van der Waals surface area contributed by atoms with Crippen LogP contribution in [0.1, 0.15) is 25.8 Å². The summed E-state index contributed by atoms with van der Waals surface area (Å²) < 4.78 is 15.9. The summed E-state index contributed by atoms with van der Waals surface area (Å²) in [7, 11) is 4.78. The first-order valence-electron chi connectivity index (χ1n) is 7.38. The Bertz CT molecular complexity index is 491. The molecule has 124 valence electrons. The minimum absolute atomic E-state index is 0.159. The SMILES string of the molecule is CCC(C)NC(=O)NCCc1cc(OC)c(OC)cc1OC. The minimum Gasteiger partial charge on any atom is -0.496 e. The van der Waals surface area contributed by atoms with Crippen LogP contribution in [0, 0.1) is 0 Å². The highest BCUT2D eigenvalue weighted by Gasteiger charge is 2.12. The van der Waals surface area contributed by atoms with Crippen molar-refractivity contribution in [3.8, 4) is 17.2 Å². The first-order chi connectivity index (χ1) is 10.5. The second-order valence-electron chi connectivity index (χ2n) is 4.98. The van der Waals surface area contributed by atoms with Crippen LogP contribution in [-0.2, 0) is 6.42 Å². The smallest absolute Gasteiger partial charge is 0.315 e. The summed E-state index contributed by atoms with van der Waals surface area (Å²) >= 11 is 0. The Balaban J connectivity index is 2.67. The van der Waals surface area contributed by atoms with Gasteiger partial charge in [-0.05, 0) is 31.4 Å². The van der Waals surface area contributed by atoms with Gasteiger partial charge >= 0.3 is 6.03 Å². The molecule has 0 aromatic heterocycles. The first kappa shape index (κ1) is 17.9. The van der Waals surface area contributed by atoms with Crippen LogP contribution in [0.3, 0.4) is 0 Å². The molecule has 1 atom stereocenters. The summed E-state index contributed by atoms with van der Waals surface area (Å²) in [4.78, 5) is 11.7. The summed E-state index contributed by atoms with van der Waals surface area (Å²) in [6.07, 6.45) is 1.54. The lowest BCUT2D eigenvalue weighted by atomic mass is 10.1. The lowest BCUT2D eigenvalue weighted by Crippen LogP contribution is -2.41. The van der Waals surface area contributed by atoms with Crippen LogP contribution in [0.2, 0.25) is 0 Å². The van der Waals surface area contributed by atoms with E-state index >= 15 is 0 Å². The molecule has 0 saturated heterocycles. The number of hydrogen-bond donors (Lipinski definition) is 2. The van der Waals surface area contributed by atoms with Gasteiger partial charge in [0.05, 0.1) is 21.3 Å². The van der Waals surface area contributed by atoms with E-state index in [0.717, 1.165) is 12.0 Å². The summed E-state index contributed by atoms with van der Waals surface area (Å²) in [6, 6.07) is 3.66. The van der Waals surface area contributed by atoms with Crippen molar-refractivity contribution in [1.82, 2.24) is 10.6 Å². The molecule has 0 saturated carbocycles. The largest absolute Gasteiger partial charge is 0.496 e. The van der Waals surface area contributed by atoms with Gasteiger partial charge in [0.1, 0.15) is 5.75 Å². The fraction of sp³-hybridized carbons (Fsp3) is 0.562. The number of hydrogen-bond acceptors (Lipinski definition) is 4. The van der Waals surface area contributed by atoms with Gasteiger partial charge in [-0.1, -0.05) is 6.92 Å². The molecule has 1 rings (SSSR count). The van der Waals surface area contributed by atoms with Crippen LogP contribution in [-0.4, -0.2) is 39.9 Å². The molecule has 0 aliphatic rings. The number of carbonyl (C=O) groups excluding carboxylic acids is 1. The van der Waals surface area contributed by atoms with E-state index in [4.69, 9.17) is 14.2 Å². The maximum absolute atomic E-state index is 11.7. The zero-order valence-corrected chi connectivity index (χ0v) is 14.0. The number of methoxy groups -OCH3 is 3. The molecule has 0 fully saturated rings. The molecule has 0 aliphatic carbocycles. The predicted octanol–water partition coefficient (Wildman–Crippen LogP) is 2.35. The van der Waals surface area contributed by atoms with Gasteiger partial charge in [-0.15, -0.1) is 0 Å². The zero-order chi connectivity index (χ0) is 16.5. The van der Waals surface area contributed by atoms with Crippen molar-refractivity contribution in [2.45, 2.75) is 32.7 Å². The van der Waals surface area contributed by atoms with Crippen LogP contribution in [0.4, 0.5) is 4.79 Å².